The van der Waals surface area contributed by atoms with E-state index in [1.165, 1.54) is 0 Å². The lowest BCUT2D eigenvalue weighted by atomic mass is 10.2. The van der Waals surface area contributed by atoms with Crippen molar-refractivity contribution in [3.05, 3.63) is 0 Å². The zero-order chi connectivity index (χ0) is 17.9. The van der Waals surface area contributed by atoms with Gasteiger partial charge in [0.25, 0.3) is 0 Å². The molecular weight excluding hydrogens is 312 g/mol. The van der Waals surface area contributed by atoms with Gasteiger partial charge in [-0.05, 0) is 40.5 Å². The van der Waals surface area contributed by atoms with E-state index in [1.807, 2.05) is 13.8 Å². The molecule has 0 fully saturated rings. The van der Waals surface area contributed by atoms with Crippen molar-refractivity contribution in [2.24, 2.45) is 10.7 Å². The van der Waals surface area contributed by atoms with Gasteiger partial charge in [0.2, 0.25) is 0 Å². The molecule has 0 saturated carbocycles. The first-order valence-electron chi connectivity index (χ1n) is 8.27. The van der Waals surface area contributed by atoms with E-state index in [0.717, 1.165) is 24.8 Å². The van der Waals surface area contributed by atoms with E-state index < -0.39 is 8.80 Å². The molecule has 7 nitrogen and oxygen atoms in total. The molecule has 0 heterocycles. The van der Waals surface area contributed by atoms with Crippen LogP contribution in [-0.2, 0) is 13.3 Å². The van der Waals surface area contributed by atoms with Gasteiger partial charge in [0.15, 0.2) is 5.96 Å². The van der Waals surface area contributed by atoms with Crippen molar-refractivity contribution in [1.82, 2.24) is 10.6 Å². The largest absolute Gasteiger partial charge is 0.500 e. The molecule has 0 aliphatic rings. The molecule has 0 radical (unpaired) electrons. The standard InChI is InChI=1S/C15H36N4O3Si/c1-12(2)18-15(19-13(3)4)17-11-14(16)9-8-10-23(20-5,21-6)22-7/h12-14H,8-11,16H2,1-7H3,(H2,17,18,19). The number of aliphatic imine (C=N–C) groups is 1. The second-order valence-corrected chi connectivity index (χ2v) is 9.29. The Labute approximate surface area is 142 Å². The van der Waals surface area contributed by atoms with Crippen LogP contribution in [0.2, 0.25) is 6.04 Å². The first-order chi connectivity index (χ1) is 10.8. The number of nitrogens with two attached hydrogens (primary N) is 1. The number of nitrogens with zero attached hydrogens (tertiary/aromatic N) is 1. The first kappa shape index (κ1) is 22.3. The van der Waals surface area contributed by atoms with E-state index in [-0.39, 0.29) is 12.1 Å². The third-order valence-electron chi connectivity index (χ3n) is 3.34. The molecule has 0 bridgehead atoms. The smallest absolute Gasteiger partial charge is 0.377 e. The summed E-state index contributed by atoms with van der Waals surface area (Å²) in [7, 11) is 2.41. The van der Waals surface area contributed by atoms with Gasteiger partial charge in [-0.2, -0.15) is 0 Å². The number of guanidine groups is 1. The molecule has 0 aromatic heterocycles. The third kappa shape index (κ3) is 9.93. The van der Waals surface area contributed by atoms with Gasteiger partial charge < -0.3 is 29.6 Å². The monoisotopic (exact) mass is 348 g/mol. The minimum atomic E-state index is -2.48. The van der Waals surface area contributed by atoms with Crippen LogP contribution in [0, 0.1) is 0 Å². The molecule has 1 atom stereocenters. The van der Waals surface area contributed by atoms with Crippen molar-refractivity contribution < 1.29 is 13.3 Å². The van der Waals surface area contributed by atoms with Gasteiger partial charge >= 0.3 is 8.80 Å². The minimum absolute atomic E-state index is 0.0404. The van der Waals surface area contributed by atoms with Crippen molar-refractivity contribution in [2.75, 3.05) is 27.9 Å². The Kier molecular flexibility index (Phi) is 11.5. The van der Waals surface area contributed by atoms with Crippen LogP contribution in [0.3, 0.4) is 0 Å². The van der Waals surface area contributed by atoms with Crippen LogP contribution in [0.25, 0.3) is 0 Å². The van der Waals surface area contributed by atoms with E-state index in [0.29, 0.717) is 12.6 Å². The molecule has 0 rings (SSSR count). The van der Waals surface area contributed by atoms with Gasteiger partial charge in [-0.1, -0.05) is 0 Å². The summed E-state index contributed by atoms with van der Waals surface area (Å²) in [4.78, 5) is 4.53. The number of nitrogens with one attached hydrogen (secondary N) is 2. The predicted octanol–water partition coefficient (Wildman–Crippen LogP) is 1.32. The SMILES string of the molecule is CO[Si](CCCC(N)CNC(=NC(C)C)NC(C)C)(OC)OC. The molecule has 0 aromatic carbocycles. The van der Waals surface area contributed by atoms with Crippen molar-refractivity contribution in [1.29, 1.82) is 0 Å². The summed E-state index contributed by atoms with van der Waals surface area (Å²) >= 11 is 0. The van der Waals surface area contributed by atoms with E-state index in [4.69, 9.17) is 19.0 Å². The summed E-state index contributed by atoms with van der Waals surface area (Å²) in [5.41, 5.74) is 6.19. The van der Waals surface area contributed by atoms with Crippen LogP contribution in [0.5, 0.6) is 0 Å². The molecule has 8 heteroatoms. The number of hydrogen-bond acceptors (Lipinski definition) is 5. The Morgan fingerprint density at radius 3 is 2.09 bits per heavy atom. The van der Waals surface area contributed by atoms with E-state index in [9.17, 15) is 0 Å². The second-order valence-electron chi connectivity index (χ2n) is 6.20. The summed E-state index contributed by atoms with van der Waals surface area (Å²) in [5, 5.41) is 6.61. The first-order valence-corrected chi connectivity index (χ1v) is 10.2. The van der Waals surface area contributed by atoms with Crippen LogP contribution >= 0.6 is 0 Å². The Balaban J connectivity index is 4.25. The molecule has 0 saturated heterocycles. The zero-order valence-corrected chi connectivity index (χ0v) is 16.8. The topological polar surface area (TPSA) is 90.1 Å². The van der Waals surface area contributed by atoms with Gasteiger partial charge in [-0.25, -0.2) is 0 Å². The summed E-state index contributed by atoms with van der Waals surface area (Å²) in [6, 6.07) is 1.37. The molecular formula is C15H36N4O3Si. The van der Waals surface area contributed by atoms with Crippen LogP contribution in [0.15, 0.2) is 4.99 Å². The fourth-order valence-electron chi connectivity index (χ4n) is 2.13. The maximum atomic E-state index is 6.19. The van der Waals surface area contributed by atoms with Crippen LogP contribution < -0.4 is 16.4 Å². The van der Waals surface area contributed by atoms with Gasteiger partial charge in [-0.3, -0.25) is 4.99 Å². The van der Waals surface area contributed by atoms with Crippen LogP contribution in [0.4, 0.5) is 0 Å². The molecule has 0 spiro atoms. The van der Waals surface area contributed by atoms with Crippen molar-refractivity contribution in [3.63, 3.8) is 0 Å². The average molecular weight is 349 g/mol. The highest BCUT2D eigenvalue weighted by Gasteiger charge is 2.36. The minimum Gasteiger partial charge on any atom is -0.377 e. The average Bonchev–Trinajstić information content (AvgIpc) is 2.48. The fraction of sp³-hybridized carbons (Fsp3) is 0.933. The molecule has 0 amide bonds. The summed E-state index contributed by atoms with van der Waals surface area (Å²) in [6.07, 6.45) is 1.77. The highest BCUT2D eigenvalue weighted by molar-refractivity contribution is 6.60. The molecule has 138 valence electrons. The highest BCUT2D eigenvalue weighted by Crippen LogP contribution is 2.16. The molecule has 4 N–H and O–H groups in total. The maximum Gasteiger partial charge on any atom is 0.500 e. The highest BCUT2D eigenvalue weighted by atomic mass is 28.4. The number of hydrogen-bond donors (Lipinski definition) is 3. The lowest BCUT2D eigenvalue weighted by Crippen LogP contribution is -2.46. The lowest BCUT2D eigenvalue weighted by molar-refractivity contribution is 0.122. The second kappa shape index (κ2) is 11.8. The molecule has 1 unspecified atom stereocenters. The van der Waals surface area contributed by atoms with Gasteiger partial charge in [0.1, 0.15) is 0 Å². The summed E-state index contributed by atoms with van der Waals surface area (Å²) < 4.78 is 16.2. The normalized spacial score (nSPS) is 14.4. The Morgan fingerprint density at radius 1 is 1.09 bits per heavy atom. The third-order valence-corrected chi connectivity index (χ3v) is 6.17. The zero-order valence-electron chi connectivity index (χ0n) is 15.8. The van der Waals surface area contributed by atoms with Gasteiger partial charge in [0.05, 0.1) is 0 Å². The fourth-order valence-corrected chi connectivity index (χ4v) is 3.88. The quantitative estimate of drug-likeness (QED) is 0.296. The van der Waals surface area contributed by atoms with E-state index in [1.54, 1.807) is 21.3 Å². The number of rotatable bonds is 11. The van der Waals surface area contributed by atoms with Gasteiger partial charge in [-0.15, -0.1) is 0 Å². The van der Waals surface area contributed by atoms with Gasteiger partial charge in [0, 0.05) is 52.0 Å². The molecule has 0 aliphatic heterocycles. The van der Waals surface area contributed by atoms with E-state index >= 15 is 0 Å². The Bertz CT molecular complexity index is 328. The van der Waals surface area contributed by atoms with Crippen molar-refractivity contribution in [3.8, 4) is 0 Å². The lowest BCUT2D eigenvalue weighted by Gasteiger charge is -2.25. The maximum absolute atomic E-state index is 6.19. The Hall–Kier alpha value is -0.673. The van der Waals surface area contributed by atoms with Crippen LogP contribution in [-0.4, -0.2) is 60.8 Å². The molecule has 0 aliphatic carbocycles. The predicted molar refractivity (Wildman–Crippen MR) is 97.6 cm³/mol. The van der Waals surface area contributed by atoms with Crippen molar-refractivity contribution in [2.45, 2.75) is 64.7 Å². The molecule has 0 aromatic rings. The van der Waals surface area contributed by atoms with E-state index in [2.05, 4.69) is 29.5 Å². The van der Waals surface area contributed by atoms with Crippen LogP contribution in [0.1, 0.15) is 40.5 Å². The Morgan fingerprint density at radius 2 is 1.65 bits per heavy atom. The van der Waals surface area contributed by atoms with Crippen molar-refractivity contribution >= 4 is 14.8 Å². The molecule has 23 heavy (non-hydrogen) atoms. The summed E-state index contributed by atoms with van der Waals surface area (Å²) in [5.74, 6) is 0.805. The summed E-state index contributed by atoms with van der Waals surface area (Å²) in [6.45, 7) is 8.94.